The second-order valence-electron chi connectivity index (χ2n) is 4.41. The van der Waals surface area contributed by atoms with Gasteiger partial charge in [0.2, 0.25) is 0 Å². The molecule has 0 amide bonds. The van der Waals surface area contributed by atoms with Crippen LogP contribution in [0, 0.1) is 0 Å². The summed E-state index contributed by atoms with van der Waals surface area (Å²) in [6.45, 7) is 10.2. The van der Waals surface area contributed by atoms with Gasteiger partial charge in [0.1, 0.15) is 0 Å². The predicted octanol–water partition coefficient (Wildman–Crippen LogP) is 3.23. The van der Waals surface area contributed by atoms with E-state index >= 15 is 0 Å². The summed E-state index contributed by atoms with van der Waals surface area (Å²) in [7, 11) is 0. The molecule has 3 nitrogen and oxygen atoms in total. The second-order valence-corrected chi connectivity index (χ2v) is 4.41. The molecule has 17 heavy (non-hydrogen) atoms. The van der Waals surface area contributed by atoms with Crippen LogP contribution < -0.4 is 0 Å². The lowest BCUT2D eigenvalue weighted by molar-refractivity contribution is -0.143. The number of rotatable bonds is 11. The van der Waals surface area contributed by atoms with Crippen molar-refractivity contribution in [2.75, 3.05) is 26.2 Å². The molecule has 0 aromatic carbocycles. The number of hydrogen-bond acceptors (Lipinski definition) is 3. The van der Waals surface area contributed by atoms with Gasteiger partial charge in [-0.3, -0.25) is 4.79 Å². The average molecular weight is 243 g/mol. The van der Waals surface area contributed by atoms with Crippen LogP contribution in [0.4, 0.5) is 0 Å². The first-order valence-corrected chi connectivity index (χ1v) is 7.12. The van der Waals surface area contributed by atoms with Gasteiger partial charge in [0, 0.05) is 13.0 Å². The third-order valence-corrected chi connectivity index (χ3v) is 3.01. The zero-order valence-electron chi connectivity index (χ0n) is 11.8. The standard InChI is InChI=1S/C14H29NO2/c1-4-7-8-9-11-14(16)17-13-10-12-15(5-2)6-3/h4-13H2,1-3H3. The molecule has 0 spiro atoms. The van der Waals surface area contributed by atoms with Crippen molar-refractivity contribution in [3.8, 4) is 0 Å². The van der Waals surface area contributed by atoms with Crippen LogP contribution in [0.2, 0.25) is 0 Å². The van der Waals surface area contributed by atoms with E-state index in [1.54, 1.807) is 0 Å². The monoisotopic (exact) mass is 243 g/mol. The van der Waals surface area contributed by atoms with E-state index in [-0.39, 0.29) is 5.97 Å². The molecule has 0 fully saturated rings. The molecule has 0 atom stereocenters. The highest BCUT2D eigenvalue weighted by atomic mass is 16.5. The zero-order chi connectivity index (χ0) is 12.9. The highest BCUT2D eigenvalue weighted by Crippen LogP contribution is 2.03. The maximum atomic E-state index is 11.4. The van der Waals surface area contributed by atoms with Gasteiger partial charge in [-0.05, 0) is 25.9 Å². The van der Waals surface area contributed by atoms with Crippen molar-refractivity contribution in [2.24, 2.45) is 0 Å². The summed E-state index contributed by atoms with van der Waals surface area (Å²) in [6.07, 6.45) is 6.08. The number of esters is 1. The molecule has 0 unspecified atom stereocenters. The molecule has 0 heterocycles. The van der Waals surface area contributed by atoms with Crippen molar-refractivity contribution >= 4 is 5.97 Å². The highest BCUT2D eigenvalue weighted by Gasteiger charge is 2.03. The lowest BCUT2D eigenvalue weighted by Crippen LogP contribution is -2.25. The fraction of sp³-hybridized carbons (Fsp3) is 0.929. The molecule has 0 N–H and O–H groups in total. The lowest BCUT2D eigenvalue weighted by atomic mass is 10.2. The van der Waals surface area contributed by atoms with Crippen LogP contribution in [0.3, 0.4) is 0 Å². The van der Waals surface area contributed by atoms with E-state index in [0.29, 0.717) is 13.0 Å². The van der Waals surface area contributed by atoms with E-state index < -0.39 is 0 Å². The van der Waals surface area contributed by atoms with Gasteiger partial charge < -0.3 is 9.64 Å². The van der Waals surface area contributed by atoms with Gasteiger partial charge in [0.05, 0.1) is 6.61 Å². The molecule has 0 radical (unpaired) electrons. The molecule has 0 bridgehead atoms. The number of unbranched alkanes of at least 4 members (excludes halogenated alkanes) is 3. The molecule has 0 aliphatic rings. The van der Waals surface area contributed by atoms with E-state index in [1.165, 1.54) is 12.8 Å². The van der Waals surface area contributed by atoms with Gasteiger partial charge >= 0.3 is 5.97 Å². The lowest BCUT2D eigenvalue weighted by Gasteiger charge is -2.17. The van der Waals surface area contributed by atoms with Gasteiger partial charge in [-0.15, -0.1) is 0 Å². The first kappa shape index (κ1) is 16.4. The Labute approximate surface area is 107 Å². The fourth-order valence-corrected chi connectivity index (χ4v) is 1.78. The average Bonchev–Trinajstić information content (AvgIpc) is 2.35. The van der Waals surface area contributed by atoms with Crippen LogP contribution in [0.15, 0.2) is 0 Å². The largest absolute Gasteiger partial charge is 0.466 e. The van der Waals surface area contributed by atoms with E-state index in [4.69, 9.17) is 4.74 Å². The maximum Gasteiger partial charge on any atom is 0.305 e. The summed E-state index contributed by atoms with van der Waals surface area (Å²) in [5, 5.41) is 0. The second kappa shape index (κ2) is 11.9. The number of hydrogen-bond donors (Lipinski definition) is 0. The molecule has 0 aromatic rings. The quantitative estimate of drug-likeness (QED) is 0.412. The van der Waals surface area contributed by atoms with Crippen LogP contribution in [-0.2, 0) is 9.53 Å². The molecule has 0 aliphatic heterocycles. The van der Waals surface area contributed by atoms with Crippen LogP contribution in [0.5, 0.6) is 0 Å². The van der Waals surface area contributed by atoms with Crippen molar-refractivity contribution in [1.82, 2.24) is 4.90 Å². The minimum absolute atomic E-state index is 0.0272. The third kappa shape index (κ3) is 10.3. The Balaban J connectivity index is 3.32. The molecule has 3 heteroatoms. The minimum Gasteiger partial charge on any atom is -0.466 e. The first-order chi connectivity index (χ1) is 8.24. The number of nitrogens with zero attached hydrogens (tertiary/aromatic N) is 1. The summed E-state index contributed by atoms with van der Waals surface area (Å²) in [5.74, 6) is -0.0272. The first-order valence-electron chi connectivity index (χ1n) is 7.12. The van der Waals surface area contributed by atoms with E-state index in [2.05, 4.69) is 25.7 Å². The number of carbonyl (C=O) groups is 1. The molecule has 0 aliphatic carbocycles. The summed E-state index contributed by atoms with van der Waals surface area (Å²) < 4.78 is 5.20. The normalized spacial score (nSPS) is 10.8. The Morgan fingerprint density at radius 2 is 1.71 bits per heavy atom. The Hall–Kier alpha value is -0.570. The van der Waals surface area contributed by atoms with Crippen LogP contribution in [0.1, 0.15) is 59.3 Å². The van der Waals surface area contributed by atoms with Gasteiger partial charge in [-0.2, -0.15) is 0 Å². The van der Waals surface area contributed by atoms with Crippen molar-refractivity contribution in [3.05, 3.63) is 0 Å². The van der Waals surface area contributed by atoms with E-state index in [9.17, 15) is 4.79 Å². The highest BCUT2D eigenvalue weighted by molar-refractivity contribution is 5.69. The smallest absolute Gasteiger partial charge is 0.305 e. The van der Waals surface area contributed by atoms with Gasteiger partial charge in [0.25, 0.3) is 0 Å². The van der Waals surface area contributed by atoms with Crippen LogP contribution >= 0.6 is 0 Å². The Morgan fingerprint density at radius 1 is 1.00 bits per heavy atom. The molecular formula is C14H29NO2. The molecule has 0 saturated carbocycles. The Kier molecular flexibility index (Phi) is 11.5. The van der Waals surface area contributed by atoms with Crippen molar-refractivity contribution in [2.45, 2.75) is 59.3 Å². The van der Waals surface area contributed by atoms with E-state index in [0.717, 1.165) is 38.9 Å². The van der Waals surface area contributed by atoms with Gasteiger partial charge in [0.15, 0.2) is 0 Å². The molecule has 0 aromatic heterocycles. The molecular weight excluding hydrogens is 214 g/mol. The van der Waals surface area contributed by atoms with Crippen LogP contribution in [-0.4, -0.2) is 37.1 Å². The summed E-state index contributed by atoms with van der Waals surface area (Å²) >= 11 is 0. The minimum atomic E-state index is -0.0272. The topological polar surface area (TPSA) is 29.5 Å². The number of ether oxygens (including phenoxy) is 1. The zero-order valence-corrected chi connectivity index (χ0v) is 11.8. The van der Waals surface area contributed by atoms with E-state index in [1.807, 2.05) is 0 Å². The van der Waals surface area contributed by atoms with Crippen molar-refractivity contribution in [1.29, 1.82) is 0 Å². The molecule has 0 rings (SSSR count). The fourth-order valence-electron chi connectivity index (χ4n) is 1.78. The SMILES string of the molecule is CCCCCCC(=O)OCCCN(CC)CC. The predicted molar refractivity (Wildman–Crippen MR) is 72.1 cm³/mol. The third-order valence-electron chi connectivity index (χ3n) is 3.01. The van der Waals surface area contributed by atoms with Gasteiger partial charge in [-0.1, -0.05) is 40.0 Å². The van der Waals surface area contributed by atoms with Crippen molar-refractivity contribution in [3.63, 3.8) is 0 Å². The van der Waals surface area contributed by atoms with Crippen LogP contribution in [0.25, 0.3) is 0 Å². The summed E-state index contributed by atoms with van der Waals surface area (Å²) in [5.41, 5.74) is 0. The summed E-state index contributed by atoms with van der Waals surface area (Å²) in [6, 6.07) is 0. The van der Waals surface area contributed by atoms with Crippen molar-refractivity contribution < 1.29 is 9.53 Å². The maximum absolute atomic E-state index is 11.4. The Bertz CT molecular complexity index is 179. The molecule has 102 valence electrons. The molecule has 0 saturated heterocycles. The Morgan fingerprint density at radius 3 is 2.29 bits per heavy atom. The number of carbonyl (C=O) groups excluding carboxylic acids is 1. The van der Waals surface area contributed by atoms with Gasteiger partial charge in [-0.25, -0.2) is 0 Å². The summed E-state index contributed by atoms with van der Waals surface area (Å²) in [4.78, 5) is 13.7.